The van der Waals surface area contributed by atoms with Crippen LogP contribution in [0.4, 0.5) is 5.82 Å². The average molecular weight is 194 g/mol. The van der Waals surface area contributed by atoms with Gasteiger partial charge in [-0.1, -0.05) is 6.92 Å². The van der Waals surface area contributed by atoms with Crippen LogP contribution in [0.1, 0.15) is 18.9 Å². The summed E-state index contributed by atoms with van der Waals surface area (Å²) in [5.41, 5.74) is 6.57. The molecule has 0 radical (unpaired) electrons. The third-order valence-corrected chi connectivity index (χ3v) is 2.44. The summed E-state index contributed by atoms with van der Waals surface area (Å²) in [7, 11) is 0. The Morgan fingerprint density at radius 3 is 2.79 bits per heavy atom. The Balaban J connectivity index is 2.35. The van der Waals surface area contributed by atoms with Crippen LogP contribution in [0.2, 0.25) is 0 Å². The van der Waals surface area contributed by atoms with E-state index in [4.69, 9.17) is 15.2 Å². The van der Waals surface area contributed by atoms with Crippen molar-refractivity contribution in [3.05, 3.63) is 23.9 Å². The van der Waals surface area contributed by atoms with E-state index >= 15 is 0 Å². The van der Waals surface area contributed by atoms with Gasteiger partial charge in [0.1, 0.15) is 5.82 Å². The monoisotopic (exact) mass is 194 g/mol. The normalized spacial score (nSPS) is 19.8. The fraction of sp³-hybridized carbons (Fsp3) is 0.500. The zero-order valence-corrected chi connectivity index (χ0v) is 8.19. The molecular weight excluding hydrogens is 180 g/mol. The first-order valence-corrected chi connectivity index (χ1v) is 4.77. The first-order valence-electron chi connectivity index (χ1n) is 4.77. The van der Waals surface area contributed by atoms with Gasteiger partial charge in [0.05, 0.1) is 13.2 Å². The van der Waals surface area contributed by atoms with Crippen molar-refractivity contribution >= 4 is 5.82 Å². The minimum Gasteiger partial charge on any atom is -0.384 e. The van der Waals surface area contributed by atoms with Crippen LogP contribution < -0.4 is 5.73 Å². The molecule has 76 valence electrons. The molecule has 2 N–H and O–H groups in total. The molecule has 1 fully saturated rings. The van der Waals surface area contributed by atoms with Gasteiger partial charge < -0.3 is 15.2 Å². The van der Waals surface area contributed by atoms with E-state index in [1.165, 1.54) is 0 Å². The molecule has 0 spiro atoms. The van der Waals surface area contributed by atoms with E-state index in [0.29, 0.717) is 19.0 Å². The van der Waals surface area contributed by atoms with Crippen LogP contribution in [0.25, 0.3) is 0 Å². The molecular formula is C10H14N2O2. The zero-order valence-electron chi connectivity index (χ0n) is 8.19. The van der Waals surface area contributed by atoms with Gasteiger partial charge in [0, 0.05) is 18.2 Å². The fourth-order valence-electron chi connectivity index (χ4n) is 1.71. The second-order valence-electron chi connectivity index (χ2n) is 3.27. The maximum atomic E-state index is 5.63. The number of anilines is 1. The minimum atomic E-state index is -0.600. The lowest BCUT2D eigenvalue weighted by atomic mass is 10.0. The molecule has 1 aliphatic heterocycles. The fourth-order valence-corrected chi connectivity index (χ4v) is 1.71. The highest BCUT2D eigenvalue weighted by atomic mass is 16.7. The lowest BCUT2D eigenvalue weighted by Gasteiger charge is -2.26. The number of hydrogen-bond donors (Lipinski definition) is 1. The van der Waals surface area contributed by atoms with E-state index in [1.807, 2.05) is 13.0 Å². The second kappa shape index (κ2) is 3.55. The predicted molar refractivity (Wildman–Crippen MR) is 52.5 cm³/mol. The lowest BCUT2D eigenvalue weighted by Crippen LogP contribution is -2.26. The topological polar surface area (TPSA) is 57.4 Å². The van der Waals surface area contributed by atoms with E-state index < -0.39 is 5.79 Å². The molecule has 1 aliphatic rings. The molecule has 2 rings (SSSR count). The Kier molecular flexibility index (Phi) is 2.39. The number of aromatic nitrogens is 1. The summed E-state index contributed by atoms with van der Waals surface area (Å²) in [6.45, 7) is 3.30. The predicted octanol–water partition coefficient (Wildman–Crippen LogP) is 1.27. The van der Waals surface area contributed by atoms with Crippen molar-refractivity contribution in [1.82, 2.24) is 4.98 Å². The maximum Gasteiger partial charge on any atom is 0.194 e. The Morgan fingerprint density at radius 1 is 1.50 bits per heavy atom. The van der Waals surface area contributed by atoms with Crippen molar-refractivity contribution in [3.8, 4) is 0 Å². The Labute approximate surface area is 83.0 Å². The summed E-state index contributed by atoms with van der Waals surface area (Å²) < 4.78 is 11.3. The maximum absolute atomic E-state index is 5.63. The number of nitrogens with zero attached hydrogens (tertiary/aromatic N) is 1. The van der Waals surface area contributed by atoms with Crippen LogP contribution in [0, 0.1) is 0 Å². The van der Waals surface area contributed by atoms with Gasteiger partial charge in [-0.25, -0.2) is 4.98 Å². The second-order valence-corrected chi connectivity index (χ2v) is 3.27. The lowest BCUT2D eigenvalue weighted by molar-refractivity contribution is -0.167. The molecule has 1 saturated heterocycles. The summed E-state index contributed by atoms with van der Waals surface area (Å²) in [5, 5.41) is 0. The zero-order chi connectivity index (χ0) is 10.0. The van der Waals surface area contributed by atoms with E-state index in [9.17, 15) is 0 Å². The van der Waals surface area contributed by atoms with E-state index in [2.05, 4.69) is 4.98 Å². The van der Waals surface area contributed by atoms with E-state index in [1.54, 1.807) is 12.3 Å². The molecule has 0 amide bonds. The van der Waals surface area contributed by atoms with Crippen molar-refractivity contribution in [1.29, 1.82) is 0 Å². The van der Waals surface area contributed by atoms with Gasteiger partial charge in [-0.2, -0.15) is 0 Å². The van der Waals surface area contributed by atoms with Crippen molar-refractivity contribution in [2.45, 2.75) is 19.1 Å². The van der Waals surface area contributed by atoms with Crippen LogP contribution in [-0.4, -0.2) is 18.2 Å². The number of nitrogen functional groups attached to an aromatic ring is 1. The van der Waals surface area contributed by atoms with Crippen LogP contribution >= 0.6 is 0 Å². The van der Waals surface area contributed by atoms with Gasteiger partial charge in [0.15, 0.2) is 5.79 Å². The van der Waals surface area contributed by atoms with Crippen LogP contribution in [0.15, 0.2) is 18.3 Å². The minimum absolute atomic E-state index is 0.495. The third-order valence-electron chi connectivity index (χ3n) is 2.44. The summed E-state index contributed by atoms with van der Waals surface area (Å²) in [4.78, 5) is 3.94. The van der Waals surface area contributed by atoms with Crippen molar-refractivity contribution < 1.29 is 9.47 Å². The number of ether oxygens (including phenoxy) is 2. The molecule has 0 aromatic carbocycles. The van der Waals surface area contributed by atoms with Gasteiger partial charge in [0.25, 0.3) is 0 Å². The standard InChI is InChI=1S/C10H14N2O2/c1-2-10(13-5-6-14-10)8-3-4-12-9(11)7-8/h3-4,7H,2,5-6H2,1H3,(H2,11,12). The Morgan fingerprint density at radius 2 is 2.21 bits per heavy atom. The highest BCUT2D eigenvalue weighted by Crippen LogP contribution is 2.34. The summed E-state index contributed by atoms with van der Waals surface area (Å²) in [6, 6.07) is 3.68. The summed E-state index contributed by atoms with van der Waals surface area (Å²) in [5.74, 6) is -0.105. The number of hydrogen-bond acceptors (Lipinski definition) is 4. The first kappa shape index (κ1) is 9.43. The molecule has 0 bridgehead atoms. The summed E-state index contributed by atoms with van der Waals surface area (Å²) >= 11 is 0. The van der Waals surface area contributed by atoms with Crippen LogP contribution in [-0.2, 0) is 15.3 Å². The van der Waals surface area contributed by atoms with Crippen molar-refractivity contribution in [2.24, 2.45) is 0 Å². The average Bonchev–Trinajstić information content (AvgIpc) is 2.67. The first-order chi connectivity index (χ1) is 6.77. The Bertz CT molecular complexity index is 322. The molecule has 4 heteroatoms. The Hall–Kier alpha value is -1.13. The van der Waals surface area contributed by atoms with Gasteiger partial charge in [-0.05, 0) is 12.1 Å². The van der Waals surface area contributed by atoms with Gasteiger partial charge >= 0.3 is 0 Å². The number of rotatable bonds is 2. The van der Waals surface area contributed by atoms with Crippen LogP contribution in [0.5, 0.6) is 0 Å². The van der Waals surface area contributed by atoms with E-state index in [0.717, 1.165) is 12.0 Å². The highest BCUT2D eigenvalue weighted by Gasteiger charge is 2.36. The largest absolute Gasteiger partial charge is 0.384 e. The van der Waals surface area contributed by atoms with E-state index in [-0.39, 0.29) is 0 Å². The van der Waals surface area contributed by atoms with Crippen LogP contribution in [0.3, 0.4) is 0 Å². The molecule has 4 nitrogen and oxygen atoms in total. The number of nitrogens with two attached hydrogens (primary N) is 1. The number of pyridine rings is 1. The van der Waals surface area contributed by atoms with Crippen molar-refractivity contribution in [2.75, 3.05) is 18.9 Å². The molecule has 2 heterocycles. The highest BCUT2D eigenvalue weighted by molar-refractivity contribution is 5.34. The quantitative estimate of drug-likeness (QED) is 0.770. The molecule has 1 aromatic heterocycles. The molecule has 0 aliphatic carbocycles. The SMILES string of the molecule is CCC1(c2ccnc(N)c2)OCCO1. The van der Waals surface area contributed by atoms with Gasteiger partial charge in [-0.15, -0.1) is 0 Å². The van der Waals surface area contributed by atoms with Gasteiger partial charge in [-0.3, -0.25) is 0 Å². The summed E-state index contributed by atoms with van der Waals surface area (Å²) in [6.07, 6.45) is 2.45. The molecule has 0 atom stereocenters. The molecule has 0 unspecified atom stereocenters. The molecule has 0 saturated carbocycles. The van der Waals surface area contributed by atoms with Crippen molar-refractivity contribution in [3.63, 3.8) is 0 Å². The molecule has 1 aromatic rings. The smallest absolute Gasteiger partial charge is 0.194 e. The molecule has 14 heavy (non-hydrogen) atoms. The third kappa shape index (κ3) is 1.47. The van der Waals surface area contributed by atoms with Gasteiger partial charge in [0.2, 0.25) is 0 Å².